The van der Waals surface area contributed by atoms with Crippen molar-refractivity contribution in [2.24, 2.45) is 5.92 Å². The average molecular weight is 335 g/mol. The van der Waals surface area contributed by atoms with Crippen molar-refractivity contribution in [2.75, 3.05) is 26.3 Å². The molecule has 0 aromatic carbocycles. The zero-order chi connectivity index (χ0) is 17.3. The summed E-state index contributed by atoms with van der Waals surface area (Å²) < 4.78 is 6.99. The van der Waals surface area contributed by atoms with E-state index >= 15 is 0 Å². The molecule has 0 saturated carbocycles. The van der Waals surface area contributed by atoms with Gasteiger partial charge in [-0.05, 0) is 37.9 Å². The van der Waals surface area contributed by atoms with E-state index in [0.717, 1.165) is 31.6 Å². The first-order chi connectivity index (χ1) is 11.3. The van der Waals surface area contributed by atoms with Crippen LogP contribution in [-0.2, 0) is 16.7 Å². The highest BCUT2D eigenvalue weighted by Gasteiger charge is 2.34. The molecular weight excluding hydrogens is 306 g/mol. The molecule has 2 atom stereocenters. The van der Waals surface area contributed by atoms with Crippen LogP contribution >= 0.6 is 0 Å². The van der Waals surface area contributed by atoms with Crippen molar-refractivity contribution >= 4 is 0 Å². The van der Waals surface area contributed by atoms with E-state index in [1.807, 2.05) is 6.07 Å². The summed E-state index contributed by atoms with van der Waals surface area (Å²) in [6, 6.07) is 3.61. The molecule has 2 fully saturated rings. The van der Waals surface area contributed by atoms with Crippen LogP contribution < -0.4 is 5.56 Å². The van der Waals surface area contributed by atoms with Crippen molar-refractivity contribution in [2.45, 2.75) is 57.7 Å². The van der Waals surface area contributed by atoms with Gasteiger partial charge in [0.25, 0.3) is 5.56 Å². The first kappa shape index (κ1) is 17.6. The maximum Gasteiger partial charge on any atom is 0.266 e. The molecule has 2 aliphatic rings. The number of piperidine rings is 1. The molecule has 0 radical (unpaired) electrons. The molecule has 1 aromatic rings. The molecule has 134 valence electrons. The molecule has 24 heavy (non-hydrogen) atoms. The van der Waals surface area contributed by atoms with Crippen LogP contribution in [-0.4, -0.2) is 58.2 Å². The van der Waals surface area contributed by atoms with Crippen LogP contribution in [0.25, 0.3) is 0 Å². The minimum absolute atomic E-state index is 0.0231. The van der Waals surface area contributed by atoms with Crippen LogP contribution in [0.4, 0.5) is 0 Å². The lowest BCUT2D eigenvalue weighted by Crippen LogP contribution is -2.47. The van der Waals surface area contributed by atoms with E-state index in [4.69, 9.17) is 4.74 Å². The van der Waals surface area contributed by atoms with E-state index in [0.29, 0.717) is 25.7 Å². The first-order valence-corrected chi connectivity index (χ1v) is 8.93. The third-order valence-corrected chi connectivity index (χ3v) is 5.21. The third kappa shape index (κ3) is 3.87. The molecular formula is C18H29N3O3. The summed E-state index contributed by atoms with van der Waals surface area (Å²) in [6.07, 6.45) is 1.68. The third-order valence-electron chi connectivity index (χ3n) is 5.21. The second-order valence-corrected chi connectivity index (χ2v) is 8.14. The number of likely N-dealkylation sites (tertiary alicyclic amines) is 1. The van der Waals surface area contributed by atoms with Crippen LogP contribution in [0.5, 0.6) is 0 Å². The van der Waals surface area contributed by atoms with Gasteiger partial charge in [-0.25, -0.2) is 4.68 Å². The lowest BCUT2D eigenvalue weighted by Gasteiger charge is -2.36. The van der Waals surface area contributed by atoms with E-state index in [1.54, 1.807) is 10.7 Å². The highest BCUT2D eigenvalue weighted by Crippen LogP contribution is 2.24. The molecule has 1 aromatic heterocycles. The van der Waals surface area contributed by atoms with Gasteiger partial charge < -0.3 is 9.84 Å². The Balaban J connectivity index is 1.61. The second-order valence-electron chi connectivity index (χ2n) is 8.14. The summed E-state index contributed by atoms with van der Waals surface area (Å²) in [4.78, 5) is 14.5. The number of hydrogen-bond donors (Lipinski definition) is 1. The van der Waals surface area contributed by atoms with Crippen molar-refractivity contribution in [3.05, 3.63) is 28.2 Å². The molecule has 0 aliphatic carbocycles. The van der Waals surface area contributed by atoms with Gasteiger partial charge in [-0.2, -0.15) is 5.10 Å². The van der Waals surface area contributed by atoms with Crippen LogP contribution in [0, 0.1) is 5.92 Å². The first-order valence-electron chi connectivity index (χ1n) is 8.93. The van der Waals surface area contributed by atoms with Crippen LogP contribution in [0.1, 0.15) is 39.3 Å². The van der Waals surface area contributed by atoms with E-state index in [1.165, 1.54) is 0 Å². The van der Waals surface area contributed by atoms with E-state index < -0.39 is 0 Å². The standard InChI is InChI=1S/C18H29N3O3/c1-18(2,3)16-4-5-17(23)21(19-16)10-13-6-8-20(9-7-13)14-11-24-12-15(14)22/h4-5,13-15,22H,6-12H2,1-3H3. The van der Waals surface area contributed by atoms with Gasteiger partial charge in [-0.1, -0.05) is 20.8 Å². The minimum atomic E-state index is -0.366. The maximum absolute atomic E-state index is 12.1. The topological polar surface area (TPSA) is 67.6 Å². The molecule has 2 unspecified atom stereocenters. The van der Waals surface area contributed by atoms with E-state index in [-0.39, 0.29) is 23.1 Å². The van der Waals surface area contributed by atoms with Gasteiger partial charge in [0.2, 0.25) is 0 Å². The monoisotopic (exact) mass is 335 g/mol. The summed E-state index contributed by atoms with van der Waals surface area (Å²) >= 11 is 0. The molecule has 6 heteroatoms. The lowest BCUT2D eigenvalue weighted by atomic mass is 9.92. The van der Waals surface area contributed by atoms with Gasteiger partial charge in [0, 0.05) is 18.0 Å². The molecule has 1 N–H and O–H groups in total. The van der Waals surface area contributed by atoms with Gasteiger partial charge in [-0.3, -0.25) is 9.69 Å². The molecule has 2 saturated heterocycles. The highest BCUT2D eigenvalue weighted by atomic mass is 16.5. The Labute approximate surface area is 143 Å². The predicted molar refractivity (Wildman–Crippen MR) is 92.1 cm³/mol. The smallest absolute Gasteiger partial charge is 0.266 e. The van der Waals surface area contributed by atoms with Crippen molar-refractivity contribution < 1.29 is 9.84 Å². The number of ether oxygens (including phenoxy) is 1. The number of hydrogen-bond acceptors (Lipinski definition) is 5. The normalized spacial score (nSPS) is 26.8. The van der Waals surface area contributed by atoms with Crippen molar-refractivity contribution in [1.29, 1.82) is 0 Å². The van der Waals surface area contributed by atoms with Crippen LogP contribution in [0.3, 0.4) is 0 Å². The predicted octanol–water partition coefficient (Wildman–Crippen LogP) is 1.01. The molecule has 0 spiro atoms. The molecule has 3 heterocycles. The highest BCUT2D eigenvalue weighted by molar-refractivity contribution is 5.10. The number of aliphatic hydroxyl groups excluding tert-OH is 1. The summed E-state index contributed by atoms with van der Waals surface area (Å²) in [5.74, 6) is 0.459. The quantitative estimate of drug-likeness (QED) is 0.893. The van der Waals surface area contributed by atoms with Gasteiger partial charge in [-0.15, -0.1) is 0 Å². The molecule has 0 amide bonds. The lowest BCUT2D eigenvalue weighted by molar-refractivity contribution is 0.0556. The Morgan fingerprint density at radius 2 is 1.96 bits per heavy atom. The Kier molecular flexibility index (Phi) is 5.08. The number of rotatable bonds is 3. The second kappa shape index (κ2) is 6.94. The van der Waals surface area contributed by atoms with Gasteiger partial charge in [0.15, 0.2) is 0 Å². The Morgan fingerprint density at radius 1 is 1.25 bits per heavy atom. The average Bonchev–Trinajstić information content (AvgIpc) is 2.95. The number of nitrogens with zero attached hydrogens (tertiary/aromatic N) is 3. The van der Waals surface area contributed by atoms with Gasteiger partial charge >= 0.3 is 0 Å². The van der Waals surface area contributed by atoms with Crippen molar-refractivity contribution in [3.63, 3.8) is 0 Å². The summed E-state index contributed by atoms with van der Waals surface area (Å²) in [6.45, 7) is 9.98. The SMILES string of the molecule is CC(C)(C)c1ccc(=O)n(CC2CCN(C3COCC3O)CC2)n1. The molecule has 6 nitrogen and oxygen atoms in total. The Morgan fingerprint density at radius 3 is 2.54 bits per heavy atom. The number of aliphatic hydroxyl groups is 1. The van der Waals surface area contributed by atoms with E-state index in [2.05, 4.69) is 30.8 Å². The minimum Gasteiger partial charge on any atom is -0.389 e. The summed E-state index contributed by atoms with van der Waals surface area (Å²) in [5, 5.41) is 14.5. The van der Waals surface area contributed by atoms with Gasteiger partial charge in [0.1, 0.15) is 0 Å². The van der Waals surface area contributed by atoms with Gasteiger partial charge in [0.05, 0.1) is 31.1 Å². The molecule has 3 rings (SSSR count). The van der Waals surface area contributed by atoms with Crippen molar-refractivity contribution in [3.8, 4) is 0 Å². The summed E-state index contributed by atoms with van der Waals surface area (Å²) in [7, 11) is 0. The van der Waals surface area contributed by atoms with Crippen LogP contribution in [0.15, 0.2) is 16.9 Å². The maximum atomic E-state index is 12.1. The fraction of sp³-hybridized carbons (Fsp3) is 0.778. The summed E-state index contributed by atoms with van der Waals surface area (Å²) in [5.41, 5.74) is 0.869. The van der Waals surface area contributed by atoms with Crippen LogP contribution in [0.2, 0.25) is 0 Å². The Hall–Kier alpha value is -1.24. The zero-order valence-electron chi connectivity index (χ0n) is 14.9. The van der Waals surface area contributed by atoms with E-state index in [9.17, 15) is 9.90 Å². The zero-order valence-corrected chi connectivity index (χ0v) is 14.9. The Bertz CT molecular complexity index is 615. The largest absolute Gasteiger partial charge is 0.389 e. The fourth-order valence-corrected chi connectivity index (χ4v) is 3.57. The molecule has 0 bridgehead atoms. The van der Waals surface area contributed by atoms with Crippen molar-refractivity contribution in [1.82, 2.24) is 14.7 Å². The fourth-order valence-electron chi connectivity index (χ4n) is 3.57. The number of aromatic nitrogens is 2. The molecule has 2 aliphatic heterocycles.